The average Bonchev–Trinajstić information content (AvgIpc) is 2.81. The Morgan fingerprint density at radius 3 is 2.00 bits per heavy atom. The van der Waals surface area contributed by atoms with Crippen LogP contribution in [0.3, 0.4) is 0 Å². The molecular weight excluding hydrogens is 402 g/mol. The monoisotopic (exact) mass is 449 g/mol. The molecule has 0 N–H and O–H groups in total. The summed E-state index contributed by atoms with van der Waals surface area (Å²) in [7, 11) is 0. The van der Waals surface area contributed by atoms with Gasteiger partial charge in [-0.1, -0.05) is 27.7 Å². The number of amides is 2. The normalized spacial score (nSPS) is 26.2. The van der Waals surface area contributed by atoms with E-state index in [0.717, 1.165) is 96.4 Å². The first kappa shape index (κ1) is 25.5. The number of nitrogens with zero attached hydrogens (tertiary/aromatic N) is 3. The van der Waals surface area contributed by atoms with Crippen LogP contribution in [0.2, 0.25) is 0 Å². The molecule has 2 saturated heterocycles. The first-order chi connectivity index (χ1) is 15.3. The number of ether oxygens (including phenoxy) is 1. The zero-order chi connectivity index (χ0) is 23.1. The highest BCUT2D eigenvalue weighted by atomic mass is 16.5. The fraction of sp³-hybridized carbons (Fsp3) is 0.923. The van der Waals surface area contributed by atoms with E-state index in [1.165, 1.54) is 12.8 Å². The second-order valence-electron chi connectivity index (χ2n) is 10.9. The quantitative estimate of drug-likeness (QED) is 0.531. The minimum absolute atomic E-state index is 0.0862. The molecule has 6 heteroatoms. The molecule has 1 aliphatic carbocycles. The van der Waals surface area contributed by atoms with E-state index in [0.29, 0.717) is 12.0 Å². The highest BCUT2D eigenvalue weighted by Gasteiger charge is 2.32. The van der Waals surface area contributed by atoms with Gasteiger partial charge in [-0.25, -0.2) is 0 Å². The van der Waals surface area contributed by atoms with Crippen LogP contribution >= 0.6 is 0 Å². The van der Waals surface area contributed by atoms with Crippen LogP contribution in [0.15, 0.2) is 0 Å². The number of piperidine rings is 1. The SMILES string of the molecule is CC(C)C(=O)N1CCC(OCCCN2CCN(C(=O)C3CCC(C(C)C)CC3)CC2)CC1. The third-order valence-corrected chi connectivity index (χ3v) is 7.97. The zero-order valence-electron chi connectivity index (χ0n) is 21.1. The van der Waals surface area contributed by atoms with E-state index in [1.807, 2.05) is 18.7 Å². The summed E-state index contributed by atoms with van der Waals surface area (Å²) in [4.78, 5) is 31.6. The van der Waals surface area contributed by atoms with Crippen molar-refractivity contribution in [3.63, 3.8) is 0 Å². The van der Waals surface area contributed by atoms with Gasteiger partial charge in [0.15, 0.2) is 0 Å². The Labute approximate surface area is 196 Å². The first-order valence-electron chi connectivity index (χ1n) is 13.3. The summed E-state index contributed by atoms with van der Waals surface area (Å²) >= 11 is 0. The summed E-state index contributed by atoms with van der Waals surface area (Å²) in [5.74, 6) is 2.60. The lowest BCUT2D eigenvalue weighted by molar-refractivity contribution is -0.139. The van der Waals surface area contributed by atoms with Gasteiger partial charge in [0.2, 0.25) is 11.8 Å². The molecule has 0 aromatic heterocycles. The van der Waals surface area contributed by atoms with Gasteiger partial charge in [0.05, 0.1) is 6.10 Å². The van der Waals surface area contributed by atoms with Gasteiger partial charge in [0.1, 0.15) is 0 Å². The molecule has 6 nitrogen and oxygen atoms in total. The molecule has 2 amide bonds. The van der Waals surface area contributed by atoms with Gasteiger partial charge in [-0.15, -0.1) is 0 Å². The minimum atomic E-state index is 0.0862. The van der Waals surface area contributed by atoms with Crippen molar-refractivity contribution in [2.75, 3.05) is 52.4 Å². The Balaban J connectivity index is 1.25. The third kappa shape index (κ3) is 7.18. The summed E-state index contributed by atoms with van der Waals surface area (Å²) in [6.07, 6.45) is 7.87. The van der Waals surface area contributed by atoms with E-state index in [-0.39, 0.29) is 17.7 Å². The van der Waals surface area contributed by atoms with Crippen LogP contribution in [-0.4, -0.2) is 85.0 Å². The Hall–Kier alpha value is -1.14. The molecule has 184 valence electrons. The molecule has 0 radical (unpaired) electrons. The Morgan fingerprint density at radius 1 is 0.812 bits per heavy atom. The van der Waals surface area contributed by atoms with Gasteiger partial charge in [0, 0.05) is 64.3 Å². The summed E-state index contributed by atoms with van der Waals surface area (Å²) in [6, 6.07) is 0. The van der Waals surface area contributed by atoms with Crippen LogP contribution in [0.5, 0.6) is 0 Å². The molecular formula is C26H47N3O3. The molecule has 1 saturated carbocycles. The van der Waals surface area contributed by atoms with Crippen molar-refractivity contribution in [3.05, 3.63) is 0 Å². The molecule has 0 aromatic rings. The van der Waals surface area contributed by atoms with Gasteiger partial charge in [0.25, 0.3) is 0 Å². The van der Waals surface area contributed by atoms with Crippen LogP contribution < -0.4 is 0 Å². The van der Waals surface area contributed by atoms with Crippen molar-refractivity contribution in [2.45, 2.75) is 78.7 Å². The van der Waals surface area contributed by atoms with Gasteiger partial charge >= 0.3 is 0 Å². The van der Waals surface area contributed by atoms with E-state index < -0.39 is 0 Å². The number of carbonyl (C=O) groups excluding carboxylic acids is 2. The van der Waals surface area contributed by atoms with E-state index in [4.69, 9.17) is 4.74 Å². The van der Waals surface area contributed by atoms with Crippen molar-refractivity contribution < 1.29 is 14.3 Å². The molecule has 2 aliphatic heterocycles. The predicted octanol–water partition coefficient (Wildman–Crippen LogP) is 3.65. The largest absolute Gasteiger partial charge is 0.378 e. The Morgan fingerprint density at radius 2 is 1.44 bits per heavy atom. The van der Waals surface area contributed by atoms with Gasteiger partial charge in [-0.3, -0.25) is 14.5 Å². The van der Waals surface area contributed by atoms with Gasteiger partial charge in [-0.05, 0) is 56.8 Å². The number of carbonyl (C=O) groups is 2. The van der Waals surface area contributed by atoms with Crippen LogP contribution in [0.4, 0.5) is 0 Å². The fourth-order valence-electron chi connectivity index (χ4n) is 5.63. The molecule has 0 atom stereocenters. The molecule has 3 aliphatic rings. The standard InChI is InChI=1S/C26H47N3O3/c1-20(2)22-6-8-23(9-7-22)26(31)29-17-15-27(16-18-29)12-5-19-32-24-10-13-28(14-11-24)25(30)21(3)4/h20-24H,5-19H2,1-4H3. The lowest BCUT2D eigenvalue weighted by atomic mass is 9.76. The topological polar surface area (TPSA) is 53.1 Å². The summed E-state index contributed by atoms with van der Waals surface area (Å²) in [6.45, 7) is 15.8. The molecule has 0 bridgehead atoms. The maximum atomic E-state index is 12.9. The summed E-state index contributed by atoms with van der Waals surface area (Å²) in [5, 5.41) is 0. The van der Waals surface area contributed by atoms with Crippen molar-refractivity contribution in [1.29, 1.82) is 0 Å². The lowest BCUT2D eigenvalue weighted by Gasteiger charge is -2.38. The van der Waals surface area contributed by atoms with E-state index in [1.54, 1.807) is 0 Å². The number of piperazine rings is 1. The zero-order valence-corrected chi connectivity index (χ0v) is 21.1. The highest BCUT2D eigenvalue weighted by molar-refractivity contribution is 5.79. The van der Waals surface area contributed by atoms with Crippen molar-refractivity contribution in [1.82, 2.24) is 14.7 Å². The van der Waals surface area contributed by atoms with Gasteiger partial charge < -0.3 is 14.5 Å². The maximum Gasteiger partial charge on any atom is 0.225 e. The summed E-state index contributed by atoms with van der Waals surface area (Å²) in [5.41, 5.74) is 0. The number of rotatable bonds is 8. The third-order valence-electron chi connectivity index (χ3n) is 7.97. The predicted molar refractivity (Wildman–Crippen MR) is 128 cm³/mol. The number of hydrogen-bond acceptors (Lipinski definition) is 4. The summed E-state index contributed by atoms with van der Waals surface area (Å²) < 4.78 is 6.10. The second kappa shape index (κ2) is 12.4. The molecule has 0 unspecified atom stereocenters. The Kier molecular flexibility index (Phi) is 9.84. The average molecular weight is 450 g/mol. The van der Waals surface area contributed by atoms with E-state index in [2.05, 4.69) is 23.6 Å². The molecule has 0 spiro atoms. The van der Waals surface area contributed by atoms with Crippen molar-refractivity contribution in [3.8, 4) is 0 Å². The molecule has 3 fully saturated rings. The van der Waals surface area contributed by atoms with Crippen molar-refractivity contribution >= 4 is 11.8 Å². The smallest absolute Gasteiger partial charge is 0.225 e. The number of hydrogen-bond donors (Lipinski definition) is 0. The first-order valence-corrected chi connectivity index (χ1v) is 13.3. The van der Waals surface area contributed by atoms with Crippen LogP contribution in [0, 0.1) is 23.7 Å². The van der Waals surface area contributed by atoms with E-state index >= 15 is 0 Å². The molecule has 0 aromatic carbocycles. The maximum absolute atomic E-state index is 12.9. The Bertz CT molecular complexity index is 585. The van der Waals surface area contributed by atoms with Crippen molar-refractivity contribution in [2.24, 2.45) is 23.7 Å². The van der Waals surface area contributed by atoms with E-state index in [9.17, 15) is 9.59 Å². The lowest BCUT2D eigenvalue weighted by Crippen LogP contribution is -2.51. The van der Waals surface area contributed by atoms with Gasteiger partial charge in [-0.2, -0.15) is 0 Å². The second-order valence-corrected chi connectivity index (χ2v) is 10.9. The molecule has 2 heterocycles. The fourth-order valence-corrected chi connectivity index (χ4v) is 5.63. The van der Waals surface area contributed by atoms with Crippen LogP contribution in [0.25, 0.3) is 0 Å². The minimum Gasteiger partial charge on any atom is -0.378 e. The van der Waals surface area contributed by atoms with Crippen LogP contribution in [-0.2, 0) is 14.3 Å². The molecule has 32 heavy (non-hydrogen) atoms. The van der Waals surface area contributed by atoms with Crippen LogP contribution in [0.1, 0.15) is 72.6 Å². The number of likely N-dealkylation sites (tertiary alicyclic amines) is 1. The molecule has 3 rings (SSSR count). The highest BCUT2D eigenvalue weighted by Crippen LogP contribution is 2.34.